The van der Waals surface area contributed by atoms with Crippen molar-refractivity contribution in [2.75, 3.05) is 13.2 Å². The van der Waals surface area contributed by atoms with E-state index in [1.54, 1.807) is 0 Å². The molecule has 0 aromatic carbocycles. The van der Waals surface area contributed by atoms with Crippen LogP contribution in [0.3, 0.4) is 0 Å². The number of aromatic amines is 1. The second kappa shape index (κ2) is 11.2. The largest absolute Gasteiger partial charge is 0.483 e. The van der Waals surface area contributed by atoms with Gasteiger partial charge in [0.2, 0.25) is 0 Å². The lowest BCUT2D eigenvalue weighted by Crippen LogP contribution is -2.58. The van der Waals surface area contributed by atoms with E-state index in [0.717, 1.165) is 4.57 Å². The SMILES string of the molecule is Cc1cn(C2C[C@H](O)[C@@H](COP(=O)(O)OP(=O)(O)OC3O[C@H](CO)[C@H](O)[C@@H](O)[C@H]3O)O2)c(=O)[nH]c1=O. The number of aliphatic hydroxyl groups is 5. The third kappa shape index (κ3) is 6.75. The standard InChI is InChI=1S/C16H26N2O16P2/c1-6-3-18(16(25)17-14(6)24)10-2-7(20)9(31-10)5-30-35(26,27)34-36(28,29)33-15-13(23)12(22)11(21)8(4-19)32-15/h3,7-13,15,19-23H,2,4-5H2,1H3,(H,26,27)(H,28,29)(H,17,24,25)/t7-,8+,9+,10?,11-,12+,13+,15?/m0/s1. The summed E-state index contributed by atoms with van der Waals surface area (Å²) in [5.41, 5.74) is -1.27. The quantitative estimate of drug-likeness (QED) is 0.135. The number of hydrogen-bond donors (Lipinski definition) is 8. The van der Waals surface area contributed by atoms with Crippen LogP contribution in [0.4, 0.5) is 0 Å². The molecule has 1 aromatic rings. The molecule has 206 valence electrons. The van der Waals surface area contributed by atoms with Gasteiger partial charge in [0.15, 0.2) is 6.29 Å². The Morgan fingerprint density at radius 3 is 2.36 bits per heavy atom. The van der Waals surface area contributed by atoms with Gasteiger partial charge >= 0.3 is 21.3 Å². The predicted molar refractivity (Wildman–Crippen MR) is 112 cm³/mol. The van der Waals surface area contributed by atoms with E-state index < -0.39 is 89.2 Å². The molecule has 10 atom stereocenters. The number of aliphatic hydroxyl groups excluding tert-OH is 5. The summed E-state index contributed by atoms with van der Waals surface area (Å²) in [6, 6.07) is 0. The van der Waals surface area contributed by atoms with Crippen molar-refractivity contribution in [3.05, 3.63) is 32.6 Å². The number of aromatic nitrogens is 2. The van der Waals surface area contributed by atoms with Gasteiger partial charge in [0, 0.05) is 18.2 Å². The van der Waals surface area contributed by atoms with Crippen LogP contribution in [0, 0.1) is 6.92 Å². The molecule has 2 saturated heterocycles. The summed E-state index contributed by atoms with van der Waals surface area (Å²) in [5, 5.41) is 48.5. The van der Waals surface area contributed by atoms with Crippen LogP contribution in [0.2, 0.25) is 0 Å². The first-order chi connectivity index (χ1) is 16.6. The van der Waals surface area contributed by atoms with Gasteiger partial charge in [-0.05, 0) is 6.92 Å². The summed E-state index contributed by atoms with van der Waals surface area (Å²) in [7, 11) is -10.9. The molecule has 2 aliphatic rings. The molecule has 4 unspecified atom stereocenters. The van der Waals surface area contributed by atoms with Crippen LogP contribution in [0.5, 0.6) is 0 Å². The summed E-state index contributed by atoms with van der Waals surface area (Å²) in [6.07, 6.45) is -12.2. The van der Waals surface area contributed by atoms with Crippen LogP contribution in [0.1, 0.15) is 18.2 Å². The molecule has 3 rings (SSSR count). The molecular formula is C16H26N2O16P2. The van der Waals surface area contributed by atoms with Crippen LogP contribution in [0.25, 0.3) is 0 Å². The summed E-state index contributed by atoms with van der Waals surface area (Å²) in [4.78, 5) is 45.2. The molecule has 0 amide bonds. The first-order valence-corrected chi connectivity index (χ1v) is 13.3. The highest BCUT2D eigenvalue weighted by Crippen LogP contribution is 2.61. The van der Waals surface area contributed by atoms with E-state index in [-0.39, 0.29) is 12.0 Å². The fraction of sp³-hybridized carbons (Fsp3) is 0.750. The number of rotatable bonds is 9. The van der Waals surface area contributed by atoms with Gasteiger partial charge in [-0.3, -0.25) is 23.4 Å². The molecule has 0 saturated carbocycles. The first kappa shape index (κ1) is 29.2. The molecule has 1 aromatic heterocycles. The van der Waals surface area contributed by atoms with Crippen molar-refractivity contribution in [1.29, 1.82) is 0 Å². The Morgan fingerprint density at radius 2 is 1.72 bits per heavy atom. The maximum atomic E-state index is 12.2. The van der Waals surface area contributed by atoms with E-state index in [1.165, 1.54) is 13.1 Å². The van der Waals surface area contributed by atoms with Gasteiger partial charge in [0.1, 0.15) is 36.7 Å². The van der Waals surface area contributed by atoms with Crippen LogP contribution in [0.15, 0.2) is 15.8 Å². The molecule has 2 aliphatic heterocycles. The third-order valence-corrected chi connectivity index (χ3v) is 7.95. The maximum absolute atomic E-state index is 12.2. The average molecular weight is 564 g/mol. The summed E-state index contributed by atoms with van der Waals surface area (Å²) < 4.78 is 48.8. The second-order valence-corrected chi connectivity index (χ2v) is 11.0. The Bertz CT molecular complexity index is 1140. The van der Waals surface area contributed by atoms with Crippen LogP contribution >= 0.6 is 15.6 Å². The van der Waals surface area contributed by atoms with E-state index in [1.807, 2.05) is 0 Å². The van der Waals surface area contributed by atoms with E-state index in [9.17, 15) is 48.9 Å². The Hall–Kier alpha value is -1.34. The van der Waals surface area contributed by atoms with Gasteiger partial charge in [0.25, 0.3) is 5.56 Å². The van der Waals surface area contributed by atoms with Crippen LogP contribution < -0.4 is 11.2 Å². The zero-order chi connectivity index (χ0) is 27.0. The van der Waals surface area contributed by atoms with Crippen molar-refractivity contribution < 1.29 is 67.3 Å². The lowest BCUT2D eigenvalue weighted by Gasteiger charge is -2.39. The van der Waals surface area contributed by atoms with E-state index >= 15 is 0 Å². The fourth-order valence-corrected chi connectivity index (χ4v) is 5.62. The third-order valence-electron chi connectivity index (χ3n) is 5.35. The van der Waals surface area contributed by atoms with Gasteiger partial charge in [-0.25, -0.2) is 13.9 Å². The molecule has 8 N–H and O–H groups in total. The zero-order valence-corrected chi connectivity index (χ0v) is 20.3. The minimum atomic E-state index is -5.54. The monoisotopic (exact) mass is 564 g/mol. The van der Waals surface area contributed by atoms with Crippen molar-refractivity contribution in [3.63, 3.8) is 0 Å². The average Bonchev–Trinajstić information content (AvgIpc) is 3.14. The molecule has 0 spiro atoms. The summed E-state index contributed by atoms with van der Waals surface area (Å²) in [6.45, 7) is -0.305. The van der Waals surface area contributed by atoms with Crippen LogP contribution in [-0.4, -0.2) is 101 Å². The number of ether oxygens (including phenoxy) is 2. The Balaban J connectivity index is 1.59. The smallest absolute Gasteiger partial charge is 0.394 e. The highest BCUT2D eigenvalue weighted by atomic mass is 31.3. The topological polar surface area (TPSA) is 277 Å². The van der Waals surface area contributed by atoms with Crippen molar-refractivity contribution in [1.82, 2.24) is 9.55 Å². The predicted octanol–water partition coefficient (Wildman–Crippen LogP) is -3.46. The second-order valence-electron chi connectivity index (χ2n) is 8.03. The number of phosphoric acid groups is 2. The summed E-state index contributed by atoms with van der Waals surface area (Å²) >= 11 is 0. The lowest BCUT2D eigenvalue weighted by atomic mass is 10.00. The maximum Gasteiger partial charge on any atom is 0.483 e. The van der Waals surface area contributed by atoms with Crippen molar-refractivity contribution >= 4 is 15.6 Å². The van der Waals surface area contributed by atoms with Crippen LogP contribution in [-0.2, 0) is 32.0 Å². The van der Waals surface area contributed by atoms with Crippen molar-refractivity contribution in [2.45, 2.75) is 62.5 Å². The number of nitrogens with one attached hydrogen (secondary N) is 1. The molecule has 0 bridgehead atoms. The minimum Gasteiger partial charge on any atom is -0.394 e. The van der Waals surface area contributed by atoms with Gasteiger partial charge in [-0.15, -0.1) is 0 Å². The Labute approximate surface area is 201 Å². The summed E-state index contributed by atoms with van der Waals surface area (Å²) in [5.74, 6) is 0. The molecule has 3 heterocycles. The molecule has 18 nitrogen and oxygen atoms in total. The molecule has 0 aliphatic carbocycles. The minimum absolute atomic E-state index is 0.172. The zero-order valence-electron chi connectivity index (χ0n) is 18.5. The van der Waals surface area contributed by atoms with E-state index in [4.69, 9.17) is 14.6 Å². The first-order valence-electron chi connectivity index (χ1n) is 10.3. The normalized spacial score (nSPS) is 36.3. The number of aryl methyl sites for hydroxylation is 1. The lowest BCUT2D eigenvalue weighted by molar-refractivity contribution is -0.280. The van der Waals surface area contributed by atoms with Gasteiger partial charge in [0.05, 0.1) is 19.3 Å². The van der Waals surface area contributed by atoms with Gasteiger partial charge in [-0.2, -0.15) is 4.31 Å². The highest BCUT2D eigenvalue weighted by molar-refractivity contribution is 7.61. The highest BCUT2D eigenvalue weighted by Gasteiger charge is 2.48. The molecule has 0 radical (unpaired) electrons. The molecule has 36 heavy (non-hydrogen) atoms. The van der Waals surface area contributed by atoms with Crippen molar-refractivity contribution in [3.8, 4) is 0 Å². The molecule has 2 fully saturated rings. The Kier molecular flexibility index (Phi) is 9.08. The number of nitrogens with zero attached hydrogens (tertiary/aromatic N) is 1. The van der Waals surface area contributed by atoms with E-state index in [2.05, 4.69) is 18.3 Å². The van der Waals surface area contributed by atoms with Gasteiger partial charge < -0.3 is 44.8 Å². The van der Waals surface area contributed by atoms with Gasteiger partial charge in [-0.1, -0.05) is 0 Å². The molecular weight excluding hydrogens is 538 g/mol. The van der Waals surface area contributed by atoms with Crippen molar-refractivity contribution in [2.24, 2.45) is 0 Å². The van der Waals surface area contributed by atoms with E-state index in [0.29, 0.717) is 0 Å². The molecule has 20 heteroatoms. The fourth-order valence-electron chi connectivity index (χ4n) is 3.46. The Morgan fingerprint density at radius 1 is 1.06 bits per heavy atom. The number of H-pyrrole nitrogens is 1. The number of phosphoric ester groups is 2. The number of hydrogen-bond acceptors (Lipinski definition) is 14.